The maximum atomic E-state index is 9.82. The number of rotatable bonds is 1. The Bertz CT molecular complexity index is 341. The number of nitrogens with one attached hydrogen (secondary N) is 1. The largest absolute Gasteiger partial charge is 0.390 e. The Morgan fingerprint density at radius 1 is 1.13 bits per heavy atom. The van der Waals surface area contributed by atoms with Crippen molar-refractivity contribution < 1.29 is 5.11 Å². The minimum atomic E-state index is -0.209. The Labute approximate surface area is 89.7 Å². The van der Waals surface area contributed by atoms with Crippen molar-refractivity contribution in [3.8, 4) is 0 Å². The highest BCUT2D eigenvalue weighted by Gasteiger charge is 2.33. The smallest absolute Gasteiger partial charge is 0.0832 e. The van der Waals surface area contributed by atoms with Gasteiger partial charge in [-0.25, -0.2) is 0 Å². The van der Waals surface area contributed by atoms with Gasteiger partial charge in [-0.3, -0.25) is 4.90 Å². The number of aliphatic hydroxyl groups is 1. The highest BCUT2D eigenvalue weighted by Crippen LogP contribution is 2.25. The molecule has 1 aromatic rings. The molecule has 2 atom stereocenters. The molecular formula is C12H16N2O. The minimum Gasteiger partial charge on any atom is -0.390 e. The van der Waals surface area contributed by atoms with Crippen molar-refractivity contribution >= 4 is 0 Å². The van der Waals surface area contributed by atoms with Crippen LogP contribution in [0.5, 0.6) is 0 Å². The summed E-state index contributed by atoms with van der Waals surface area (Å²) in [6.45, 7) is 3.62. The molecule has 15 heavy (non-hydrogen) atoms. The molecule has 1 aromatic carbocycles. The van der Waals surface area contributed by atoms with Crippen molar-refractivity contribution in [2.45, 2.75) is 25.2 Å². The molecule has 0 bridgehead atoms. The first kappa shape index (κ1) is 9.33. The van der Waals surface area contributed by atoms with Gasteiger partial charge in [0.05, 0.1) is 6.10 Å². The van der Waals surface area contributed by atoms with Gasteiger partial charge in [-0.2, -0.15) is 0 Å². The molecule has 0 aromatic heterocycles. The van der Waals surface area contributed by atoms with Crippen LogP contribution in [0, 0.1) is 0 Å². The van der Waals surface area contributed by atoms with Gasteiger partial charge in [-0.05, 0) is 11.1 Å². The van der Waals surface area contributed by atoms with E-state index in [4.69, 9.17) is 0 Å². The van der Waals surface area contributed by atoms with E-state index < -0.39 is 0 Å². The Kier molecular flexibility index (Phi) is 2.24. The monoisotopic (exact) mass is 204 g/mol. The molecule has 1 fully saturated rings. The highest BCUT2D eigenvalue weighted by atomic mass is 16.3. The van der Waals surface area contributed by atoms with E-state index in [1.54, 1.807) is 0 Å². The van der Waals surface area contributed by atoms with Crippen LogP contribution in [0.25, 0.3) is 0 Å². The first-order valence-electron chi connectivity index (χ1n) is 5.54. The van der Waals surface area contributed by atoms with Crippen LogP contribution in [0.15, 0.2) is 24.3 Å². The molecule has 80 valence electrons. The first-order chi connectivity index (χ1) is 7.34. The zero-order valence-electron chi connectivity index (χ0n) is 8.69. The van der Waals surface area contributed by atoms with Crippen LogP contribution in [-0.2, 0) is 13.1 Å². The molecule has 2 N–H and O–H groups in total. The zero-order valence-corrected chi connectivity index (χ0v) is 8.69. The Morgan fingerprint density at radius 2 is 1.80 bits per heavy atom. The van der Waals surface area contributed by atoms with Gasteiger partial charge in [-0.15, -0.1) is 0 Å². The minimum absolute atomic E-state index is 0.209. The van der Waals surface area contributed by atoms with E-state index in [9.17, 15) is 5.11 Å². The van der Waals surface area contributed by atoms with Crippen LogP contribution in [0.2, 0.25) is 0 Å². The van der Waals surface area contributed by atoms with E-state index in [2.05, 4.69) is 34.5 Å². The molecule has 0 spiro atoms. The zero-order chi connectivity index (χ0) is 10.3. The summed E-state index contributed by atoms with van der Waals surface area (Å²) in [5.41, 5.74) is 2.83. The summed E-state index contributed by atoms with van der Waals surface area (Å²) in [7, 11) is 0. The summed E-state index contributed by atoms with van der Waals surface area (Å²) in [4.78, 5) is 2.37. The lowest BCUT2D eigenvalue weighted by Crippen LogP contribution is -2.39. The van der Waals surface area contributed by atoms with Crippen molar-refractivity contribution in [2.75, 3.05) is 13.1 Å². The highest BCUT2D eigenvalue weighted by molar-refractivity contribution is 5.30. The van der Waals surface area contributed by atoms with E-state index in [0.29, 0.717) is 0 Å². The lowest BCUT2D eigenvalue weighted by Gasteiger charge is -2.25. The average molecular weight is 204 g/mol. The van der Waals surface area contributed by atoms with E-state index in [1.165, 1.54) is 11.1 Å². The molecule has 0 amide bonds. The third-order valence-electron chi connectivity index (χ3n) is 3.49. The predicted molar refractivity (Wildman–Crippen MR) is 58.4 cm³/mol. The van der Waals surface area contributed by atoms with Gasteiger partial charge in [0.2, 0.25) is 0 Å². The maximum Gasteiger partial charge on any atom is 0.0832 e. The fraction of sp³-hybridized carbons (Fsp3) is 0.500. The second-order valence-corrected chi connectivity index (χ2v) is 4.47. The maximum absolute atomic E-state index is 9.82. The van der Waals surface area contributed by atoms with Crippen LogP contribution in [0.4, 0.5) is 0 Å². The normalized spacial score (nSPS) is 30.7. The number of fused-ring (bicyclic) bond motifs is 1. The second-order valence-electron chi connectivity index (χ2n) is 4.47. The van der Waals surface area contributed by atoms with Gasteiger partial charge in [0, 0.05) is 32.2 Å². The van der Waals surface area contributed by atoms with Gasteiger partial charge in [0.15, 0.2) is 0 Å². The summed E-state index contributed by atoms with van der Waals surface area (Å²) in [6, 6.07) is 8.84. The molecule has 0 radical (unpaired) electrons. The molecular weight excluding hydrogens is 188 g/mol. The Hall–Kier alpha value is -0.900. The summed E-state index contributed by atoms with van der Waals surface area (Å²) in [5, 5.41) is 13.1. The van der Waals surface area contributed by atoms with E-state index in [0.717, 1.165) is 26.2 Å². The molecule has 3 nitrogen and oxygen atoms in total. The molecule has 3 heteroatoms. The number of β-amino-alcohol motifs (C(OH)–C–C–N with tert-alkyl or cyclic N) is 1. The summed E-state index contributed by atoms with van der Waals surface area (Å²) < 4.78 is 0. The fourth-order valence-electron chi connectivity index (χ4n) is 2.62. The van der Waals surface area contributed by atoms with Crippen LogP contribution in [-0.4, -0.2) is 35.2 Å². The predicted octanol–water partition coefficient (Wildman–Crippen LogP) is 0.335. The number of aliphatic hydroxyl groups excluding tert-OH is 1. The van der Waals surface area contributed by atoms with Crippen LogP contribution >= 0.6 is 0 Å². The molecule has 0 aliphatic carbocycles. The topological polar surface area (TPSA) is 35.5 Å². The van der Waals surface area contributed by atoms with Crippen LogP contribution < -0.4 is 5.32 Å². The summed E-state index contributed by atoms with van der Waals surface area (Å²) in [6.07, 6.45) is -0.209. The standard InChI is InChI=1S/C12H16N2O/c15-12-6-13-5-11(12)14-7-9-3-1-2-4-10(9)8-14/h1-4,11-13,15H,5-8H2/t11-,12-/m1/s1. The van der Waals surface area contributed by atoms with Gasteiger partial charge in [-0.1, -0.05) is 24.3 Å². The van der Waals surface area contributed by atoms with Crippen molar-refractivity contribution in [2.24, 2.45) is 0 Å². The van der Waals surface area contributed by atoms with E-state index >= 15 is 0 Å². The van der Waals surface area contributed by atoms with Crippen LogP contribution in [0.3, 0.4) is 0 Å². The molecule has 3 rings (SSSR count). The van der Waals surface area contributed by atoms with Crippen LogP contribution in [0.1, 0.15) is 11.1 Å². The molecule has 1 saturated heterocycles. The van der Waals surface area contributed by atoms with Gasteiger partial charge < -0.3 is 10.4 Å². The second kappa shape index (κ2) is 3.59. The number of nitrogens with zero attached hydrogens (tertiary/aromatic N) is 1. The molecule has 2 aliphatic rings. The Morgan fingerprint density at radius 3 is 2.33 bits per heavy atom. The van der Waals surface area contributed by atoms with Crippen molar-refractivity contribution in [3.63, 3.8) is 0 Å². The third-order valence-corrected chi connectivity index (χ3v) is 3.49. The third kappa shape index (κ3) is 1.57. The van der Waals surface area contributed by atoms with E-state index in [-0.39, 0.29) is 12.1 Å². The quantitative estimate of drug-likeness (QED) is 0.692. The summed E-state index contributed by atoms with van der Waals surface area (Å²) >= 11 is 0. The molecule has 2 aliphatic heterocycles. The Balaban J connectivity index is 1.78. The van der Waals surface area contributed by atoms with Gasteiger partial charge in [0.1, 0.15) is 0 Å². The number of hydrogen-bond donors (Lipinski definition) is 2. The van der Waals surface area contributed by atoms with Crippen molar-refractivity contribution in [3.05, 3.63) is 35.4 Å². The SMILES string of the molecule is O[C@@H]1CNC[C@H]1N1Cc2ccccc2C1. The number of hydrogen-bond acceptors (Lipinski definition) is 3. The average Bonchev–Trinajstić information content (AvgIpc) is 2.82. The molecule has 0 unspecified atom stereocenters. The van der Waals surface area contributed by atoms with Gasteiger partial charge in [0.25, 0.3) is 0 Å². The molecule has 0 saturated carbocycles. The van der Waals surface area contributed by atoms with Crippen molar-refractivity contribution in [1.29, 1.82) is 0 Å². The molecule has 2 heterocycles. The van der Waals surface area contributed by atoms with E-state index in [1.807, 2.05) is 0 Å². The first-order valence-corrected chi connectivity index (χ1v) is 5.54. The number of benzene rings is 1. The van der Waals surface area contributed by atoms with Gasteiger partial charge >= 0.3 is 0 Å². The fourth-order valence-corrected chi connectivity index (χ4v) is 2.62. The lowest BCUT2D eigenvalue weighted by molar-refractivity contribution is 0.0815. The van der Waals surface area contributed by atoms with Crippen molar-refractivity contribution in [1.82, 2.24) is 10.2 Å². The summed E-state index contributed by atoms with van der Waals surface area (Å²) in [5.74, 6) is 0. The lowest BCUT2D eigenvalue weighted by atomic mass is 10.1.